The monoisotopic (exact) mass is 618 g/mol. The van der Waals surface area contributed by atoms with E-state index in [9.17, 15) is 0 Å². The highest BCUT2D eigenvalue weighted by Crippen LogP contribution is 2.42. The van der Waals surface area contributed by atoms with Crippen LogP contribution in [0, 0.1) is 0 Å². The predicted molar refractivity (Wildman–Crippen MR) is 201 cm³/mol. The predicted octanol–water partition coefficient (Wildman–Crippen LogP) is 11.7. The molecule has 0 spiro atoms. The van der Waals surface area contributed by atoms with Crippen molar-refractivity contribution in [3.05, 3.63) is 187 Å². The van der Waals surface area contributed by atoms with Crippen molar-refractivity contribution in [2.45, 2.75) is 6.04 Å². The molecule has 2 heterocycles. The fraction of sp³-hybridized carbons (Fsp3) is 0.0227. The molecule has 0 bridgehead atoms. The number of fused-ring (bicyclic) bond motifs is 4. The molecule has 9 rings (SSSR count). The summed E-state index contributed by atoms with van der Waals surface area (Å²) in [5.41, 5.74) is 9.33. The first kappa shape index (κ1) is 27.5. The van der Waals surface area contributed by atoms with Gasteiger partial charge in [0.2, 0.25) is 0 Å². The first-order valence-corrected chi connectivity index (χ1v) is 16.8. The summed E-state index contributed by atoms with van der Waals surface area (Å²) >= 11 is 1.88. The molecule has 1 aliphatic rings. The maximum absolute atomic E-state index is 5.26. The minimum atomic E-state index is -0.137. The normalized spacial score (nSPS) is 14.6. The summed E-state index contributed by atoms with van der Waals surface area (Å²) in [5.74, 6) is 0.879. The molecule has 8 aromatic rings. The van der Waals surface area contributed by atoms with Gasteiger partial charge in [0.1, 0.15) is 5.84 Å². The van der Waals surface area contributed by atoms with E-state index in [2.05, 4.69) is 169 Å². The highest BCUT2D eigenvalue weighted by atomic mass is 32.1. The van der Waals surface area contributed by atoms with Crippen molar-refractivity contribution in [3.8, 4) is 22.3 Å². The molecule has 0 amide bonds. The minimum Gasteiger partial charge on any atom is -0.340 e. The van der Waals surface area contributed by atoms with Gasteiger partial charge in [0.05, 0.1) is 6.04 Å². The Morgan fingerprint density at radius 3 is 1.91 bits per heavy atom. The molecule has 7 aromatic carbocycles. The molecule has 1 unspecified atom stereocenters. The number of hydrogen-bond donors (Lipinski definition) is 1. The molecule has 2 nitrogen and oxygen atoms in total. The third kappa shape index (κ3) is 5.11. The van der Waals surface area contributed by atoms with Gasteiger partial charge < -0.3 is 5.32 Å². The Bertz CT molecular complexity index is 2470. The molecule has 1 atom stereocenters. The number of thiophene rings is 1. The van der Waals surface area contributed by atoms with Gasteiger partial charge in [-0.1, -0.05) is 146 Å². The van der Waals surface area contributed by atoms with E-state index in [0.717, 1.165) is 22.7 Å². The number of nitrogens with one attached hydrogen (secondary N) is 1. The van der Waals surface area contributed by atoms with Crippen LogP contribution in [0.5, 0.6) is 0 Å². The van der Waals surface area contributed by atoms with Crippen molar-refractivity contribution >= 4 is 53.8 Å². The second-order valence-electron chi connectivity index (χ2n) is 12.0. The van der Waals surface area contributed by atoms with Crippen LogP contribution < -0.4 is 5.32 Å². The lowest BCUT2D eigenvalue weighted by molar-refractivity contribution is 0.881. The Morgan fingerprint density at radius 1 is 0.489 bits per heavy atom. The van der Waals surface area contributed by atoms with Crippen LogP contribution in [-0.2, 0) is 0 Å². The second kappa shape index (κ2) is 11.5. The molecule has 47 heavy (non-hydrogen) atoms. The summed E-state index contributed by atoms with van der Waals surface area (Å²) in [7, 11) is 0. The van der Waals surface area contributed by atoms with E-state index in [4.69, 9.17) is 4.99 Å². The summed E-state index contributed by atoms with van der Waals surface area (Å²) in [4.78, 5) is 5.26. The smallest absolute Gasteiger partial charge is 0.133 e. The zero-order chi connectivity index (χ0) is 31.2. The maximum Gasteiger partial charge on any atom is 0.133 e. The molecular formula is C44H30N2S. The highest BCUT2D eigenvalue weighted by Gasteiger charge is 2.20. The molecule has 1 N–H and O–H groups in total. The summed E-state index contributed by atoms with van der Waals surface area (Å²) in [6.07, 6.45) is 2.26. The third-order valence-electron chi connectivity index (χ3n) is 9.10. The van der Waals surface area contributed by atoms with Crippen molar-refractivity contribution in [1.29, 1.82) is 0 Å². The number of aliphatic imine (C=N–C) groups is 1. The van der Waals surface area contributed by atoms with E-state index in [1.54, 1.807) is 0 Å². The molecule has 0 radical (unpaired) electrons. The van der Waals surface area contributed by atoms with E-state index in [-0.39, 0.29) is 6.04 Å². The average Bonchev–Trinajstić information content (AvgIpc) is 3.52. The lowest BCUT2D eigenvalue weighted by Gasteiger charge is -2.24. The molecule has 222 valence electrons. The largest absolute Gasteiger partial charge is 0.340 e. The molecule has 0 saturated carbocycles. The number of rotatable bonds is 5. The van der Waals surface area contributed by atoms with E-state index >= 15 is 0 Å². The Morgan fingerprint density at radius 2 is 1.13 bits per heavy atom. The van der Waals surface area contributed by atoms with Crippen LogP contribution in [0.25, 0.3) is 58.9 Å². The van der Waals surface area contributed by atoms with Gasteiger partial charge in [-0.05, 0) is 68.4 Å². The van der Waals surface area contributed by atoms with Crippen LogP contribution in [0.15, 0.2) is 175 Å². The van der Waals surface area contributed by atoms with Gasteiger partial charge in [-0.2, -0.15) is 0 Å². The fourth-order valence-corrected chi connectivity index (χ4v) is 7.96. The van der Waals surface area contributed by atoms with Gasteiger partial charge in [0, 0.05) is 31.4 Å². The van der Waals surface area contributed by atoms with Crippen LogP contribution in [0.3, 0.4) is 0 Å². The number of benzene rings is 7. The molecular weight excluding hydrogens is 589 g/mol. The summed E-state index contributed by atoms with van der Waals surface area (Å²) < 4.78 is 2.65. The summed E-state index contributed by atoms with van der Waals surface area (Å²) in [6.45, 7) is 0. The fourth-order valence-electron chi connectivity index (χ4n) is 6.69. The van der Waals surface area contributed by atoms with Crippen LogP contribution in [0.2, 0.25) is 0 Å². The Hall–Kier alpha value is -5.77. The topological polar surface area (TPSA) is 24.4 Å². The number of hydrogen-bond acceptors (Lipinski definition) is 3. The summed E-state index contributed by atoms with van der Waals surface area (Å²) in [5, 5.41) is 8.85. The van der Waals surface area contributed by atoms with Gasteiger partial charge in [-0.15, -0.1) is 11.3 Å². The third-order valence-corrected chi connectivity index (χ3v) is 10.3. The molecule has 1 aromatic heterocycles. The van der Waals surface area contributed by atoms with Crippen LogP contribution >= 0.6 is 11.3 Å². The zero-order valence-corrected chi connectivity index (χ0v) is 26.4. The molecule has 3 heteroatoms. The average molecular weight is 619 g/mol. The van der Waals surface area contributed by atoms with E-state index in [0.29, 0.717) is 0 Å². The van der Waals surface area contributed by atoms with Crippen molar-refractivity contribution in [2.24, 2.45) is 4.99 Å². The first-order valence-electron chi connectivity index (χ1n) is 16.0. The zero-order valence-electron chi connectivity index (χ0n) is 25.6. The van der Waals surface area contributed by atoms with Crippen molar-refractivity contribution in [2.75, 3.05) is 0 Å². The van der Waals surface area contributed by atoms with Crippen molar-refractivity contribution < 1.29 is 0 Å². The Labute approximate surface area is 278 Å². The molecule has 0 aliphatic carbocycles. The summed E-state index contributed by atoms with van der Waals surface area (Å²) in [6, 6.07) is 58.6. The molecule has 0 saturated heterocycles. The van der Waals surface area contributed by atoms with Gasteiger partial charge in [-0.25, -0.2) is 0 Å². The Balaban J connectivity index is 1.13. The van der Waals surface area contributed by atoms with Crippen molar-refractivity contribution in [3.63, 3.8) is 0 Å². The standard InChI is InChI=1S/C44H30N2S/c1-3-11-29(12-4-1)30-21-23-31(24-22-30)40-28-41(46-44(45-40)32-13-5-2-6-14-32)36-18-9-17-35(25-36)37-19-10-20-38-39-26-33-15-7-8-16-34(33)27-42(39)47-43(37)38/h1-28,41H,(H,45,46). The highest BCUT2D eigenvalue weighted by molar-refractivity contribution is 7.26. The van der Waals surface area contributed by atoms with E-state index < -0.39 is 0 Å². The number of amidine groups is 1. The second-order valence-corrected chi connectivity index (χ2v) is 13.1. The van der Waals surface area contributed by atoms with Crippen LogP contribution in [-0.4, -0.2) is 5.84 Å². The van der Waals surface area contributed by atoms with Crippen LogP contribution in [0.4, 0.5) is 0 Å². The van der Waals surface area contributed by atoms with Gasteiger partial charge in [0.25, 0.3) is 0 Å². The number of nitrogens with zero attached hydrogens (tertiary/aromatic N) is 1. The van der Waals surface area contributed by atoms with Gasteiger partial charge in [0.15, 0.2) is 0 Å². The SMILES string of the molecule is C1=C(c2ccc(-c3ccccc3)cc2)NC(c2ccccc2)=NC1c1cccc(-c2cccc3c2sc2cc4ccccc4cc23)c1. The minimum absolute atomic E-state index is 0.137. The van der Waals surface area contributed by atoms with Crippen LogP contribution in [0.1, 0.15) is 22.7 Å². The van der Waals surface area contributed by atoms with Gasteiger partial charge in [-0.3, -0.25) is 4.99 Å². The lowest BCUT2D eigenvalue weighted by atomic mass is 9.95. The van der Waals surface area contributed by atoms with Gasteiger partial charge >= 0.3 is 0 Å². The quantitative estimate of drug-likeness (QED) is 0.204. The molecule has 0 fully saturated rings. The van der Waals surface area contributed by atoms with E-state index in [1.165, 1.54) is 58.8 Å². The first-order chi connectivity index (χ1) is 23.3. The lowest BCUT2D eigenvalue weighted by Crippen LogP contribution is -2.27. The molecule has 1 aliphatic heterocycles. The Kier molecular flexibility index (Phi) is 6.76. The van der Waals surface area contributed by atoms with E-state index in [1.807, 2.05) is 17.4 Å². The van der Waals surface area contributed by atoms with Crippen molar-refractivity contribution in [1.82, 2.24) is 5.32 Å². The maximum atomic E-state index is 5.26.